The lowest BCUT2D eigenvalue weighted by molar-refractivity contribution is -0.133. The summed E-state index contributed by atoms with van der Waals surface area (Å²) in [6, 6.07) is 8.32. The van der Waals surface area contributed by atoms with E-state index in [-0.39, 0.29) is 28.4 Å². The summed E-state index contributed by atoms with van der Waals surface area (Å²) in [6.45, 7) is 3.90. The zero-order chi connectivity index (χ0) is 21.2. The van der Waals surface area contributed by atoms with Crippen molar-refractivity contribution in [3.63, 3.8) is 0 Å². The third-order valence-electron chi connectivity index (χ3n) is 5.15. The lowest BCUT2D eigenvalue weighted by Gasteiger charge is -2.35. The molecule has 2 heterocycles. The Morgan fingerprint density at radius 2 is 1.86 bits per heavy atom. The molecule has 0 saturated carbocycles. The van der Waals surface area contributed by atoms with Gasteiger partial charge in [-0.1, -0.05) is 29.3 Å². The Morgan fingerprint density at radius 1 is 1.17 bits per heavy atom. The minimum absolute atomic E-state index is 0.0128. The van der Waals surface area contributed by atoms with Crippen LogP contribution in [0.5, 0.6) is 0 Å². The number of carbonyl (C=O) groups excluding carboxylic acids is 1. The molecule has 10 heteroatoms. The topological polar surface area (TPSA) is 60.9 Å². The maximum absolute atomic E-state index is 12.8. The van der Waals surface area contributed by atoms with Crippen molar-refractivity contribution in [3.8, 4) is 0 Å². The molecule has 3 rings (SSSR count). The van der Waals surface area contributed by atoms with Crippen molar-refractivity contribution in [2.45, 2.75) is 17.9 Å². The second-order valence-electron chi connectivity index (χ2n) is 6.95. The van der Waals surface area contributed by atoms with Gasteiger partial charge in [0.25, 0.3) is 0 Å². The van der Waals surface area contributed by atoms with Crippen molar-refractivity contribution in [3.05, 3.63) is 50.6 Å². The van der Waals surface area contributed by atoms with Gasteiger partial charge >= 0.3 is 0 Å². The largest absolute Gasteiger partial charge is 0.337 e. The van der Waals surface area contributed by atoms with E-state index in [4.69, 9.17) is 23.2 Å². The zero-order valence-electron chi connectivity index (χ0n) is 16.2. The molecule has 1 saturated heterocycles. The van der Waals surface area contributed by atoms with E-state index in [0.717, 1.165) is 4.88 Å². The molecule has 0 aliphatic carbocycles. The van der Waals surface area contributed by atoms with Gasteiger partial charge in [0.1, 0.15) is 0 Å². The quantitative estimate of drug-likeness (QED) is 0.640. The van der Waals surface area contributed by atoms with Crippen LogP contribution in [0.3, 0.4) is 0 Å². The predicted molar refractivity (Wildman–Crippen MR) is 117 cm³/mol. The SMILES string of the molecule is CC(c1cccs1)N(C)C(=O)CN1CCN(S(=O)(=O)c2ccc(Cl)c(Cl)c2)CC1. The number of rotatable bonds is 6. The maximum atomic E-state index is 12.8. The highest BCUT2D eigenvalue weighted by Gasteiger charge is 2.30. The normalized spacial score (nSPS) is 17.2. The Morgan fingerprint density at radius 3 is 2.45 bits per heavy atom. The zero-order valence-corrected chi connectivity index (χ0v) is 19.4. The van der Waals surface area contributed by atoms with E-state index in [9.17, 15) is 13.2 Å². The van der Waals surface area contributed by atoms with Gasteiger partial charge in [0.2, 0.25) is 15.9 Å². The van der Waals surface area contributed by atoms with Crippen LogP contribution < -0.4 is 0 Å². The monoisotopic (exact) mass is 475 g/mol. The van der Waals surface area contributed by atoms with Crippen molar-refractivity contribution in [1.29, 1.82) is 0 Å². The molecule has 1 aliphatic heterocycles. The summed E-state index contributed by atoms with van der Waals surface area (Å²) in [7, 11) is -1.84. The number of amides is 1. The van der Waals surface area contributed by atoms with E-state index in [1.165, 1.54) is 22.5 Å². The van der Waals surface area contributed by atoms with Crippen LogP contribution in [0.25, 0.3) is 0 Å². The molecule has 0 radical (unpaired) electrons. The van der Waals surface area contributed by atoms with Crippen LogP contribution in [0.2, 0.25) is 10.0 Å². The van der Waals surface area contributed by atoms with Gasteiger partial charge in [0.05, 0.1) is 27.5 Å². The van der Waals surface area contributed by atoms with Gasteiger partial charge in [-0.25, -0.2) is 8.42 Å². The number of hydrogen-bond donors (Lipinski definition) is 0. The number of carbonyl (C=O) groups is 1. The van der Waals surface area contributed by atoms with Gasteiger partial charge in [-0.3, -0.25) is 9.69 Å². The highest BCUT2D eigenvalue weighted by molar-refractivity contribution is 7.89. The summed E-state index contributed by atoms with van der Waals surface area (Å²) in [4.78, 5) is 17.6. The van der Waals surface area contributed by atoms with Crippen LogP contribution in [-0.2, 0) is 14.8 Å². The second-order valence-corrected chi connectivity index (χ2v) is 10.7. The Balaban J connectivity index is 1.57. The third kappa shape index (κ3) is 5.13. The van der Waals surface area contributed by atoms with Crippen molar-refractivity contribution in [1.82, 2.24) is 14.1 Å². The summed E-state index contributed by atoms with van der Waals surface area (Å²) in [5, 5.41) is 2.52. The molecule has 1 atom stereocenters. The Hall–Kier alpha value is -1.16. The van der Waals surface area contributed by atoms with Crippen LogP contribution >= 0.6 is 34.5 Å². The van der Waals surface area contributed by atoms with Gasteiger partial charge in [0, 0.05) is 38.1 Å². The average Bonchev–Trinajstić information content (AvgIpc) is 3.24. The van der Waals surface area contributed by atoms with Gasteiger partial charge in [-0.05, 0) is 36.6 Å². The van der Waals surface area contributed by atoms with Crippen molar-refractivity contribution in [2.24, 2.45) is 0 Å². The molecule has 1 aromatic carbocycles. The van der Waals surface area contributed by atoms with Crippen LogP contribution in [-0.4, -0.2) is 68.2 Å². The molecule has 1 aromatic heterocycles. The van der Waals surface area contributed by atoms with Crippen LogP contribution in [0, 0.1) is 0 Å². The molecule has 6 nitrogen and oxygen atoms in total. The lowest BCUT2D eigenvalue weighted by Crippen LogP contribution is -2.51. The van der Waals surface area contributed by atoms with Gasteiger partial charge in [0.15, 0.2) is 0 Å². The predicted octanol–water partition coefficient (Wildman–Crippen LogP) is 3.58. The molecule has 158 valence electrons. The summed E-state index contributed by atoms with van der Waals surface area (Å²) < 4.78 is 27.1. The molecule has 1 fully saturated rings. The van der Waals surface area contributed by atoms with Gasteiger partial charge in [-0.15, -0.1) is 11.3 Å². The summed E-state index contributed by atoms with van der Waals surface area (Å²) in [6.07, 6.45) is 0. The molecule has 1 aliphatic rings. The minimum Gasteiger partial charge on any atom is -0.337 e. The fraction of sp³-hybridized carbons (Fsp3) is 0.421. The number of benzene rings is 1. The van der Waals surface area contributed by atoms with Crippen LogP contribution in [0.1, 0.15) is 17.8 Å². The molecular formula is C19H23Cl2N3O3S2. The standard InChI is InChI=1S/C19H23Cl2N3O3S2/c1-14(18-4-3-11-28-18)22(2)19(25)13-23-7-9-24(10-8-23)29(26,27)15-5-6-16(20)17(21)12-15/h3-6,11-12,14H,7-10,13H2,1-2H3. The van der Waals surface area contributed by atoms with E-state index < -0.39 is 10.0 Å². The molecule has 2 aromatic rings. The Kier molecular flexibility index (Phi) is 7.24. The number of sulfonamides is 1. The highest BCUT2D eigenvalue weighted by Crippen LogP contribution is 2.27. The molecule has 1 unspecified atom stereocenters. The van der Waals surface area contributed by atoms with E-state index in [1.807, 2.05) is 29.3 Å². The maximum Gasteiger partial charge on any atom is 0.243 e. The fourth-order valence-corrected chi connectivity index (χ4v) is 5.79. The number of nitrogens with zero attached hydrogens (tertiary/aromatic N) is 3. The van der Waals surface area contributed by atoms with Crippen molar-refractivity contribution < 1.29 is 13.2 Å². The van der Waals surface area contributed by atoms with Crippen LogP contribution in [0.4, 0.5) is 0 Å². The summed E-state index contributed by atoms with van der Waals surface area (Å²) >= 11 is 13.5. The Labute approximate surface area is 185 Å². The molecule has 0 N–H and O–H groups in total. The smallest absolute Gasteiger partial charge is 0.243 e. The first-order valence-corrected chi connectivity index (χ1v) is 12.2. The van der Waals surface area contributed by atoms with E-state index in [2.05, 4.69) is 0 Å². The first-order valence-electron chi connectivity index (χ1n) is 9.17. The third-order valence-corrected chi connectivity index (χ3v) is 8.82. The number of likely N-dealkylation sites (N-methyl/N-ethyl adjacent to an activating group) is 1. The minimum atomic E-state index is -3.64. The first-order chi connectivity index (χ1) is 13.7. The van der Waals surface area contributed by atoms with Gasteiger partial charge < -0.3 is 4.90 Å². The summed E-state index contributed by atoms with van der Waals surface area (Å²) in [5.41, 5.74) is 0. The van der Waals surface area contributed by atoms with Crippen LogP contribution in [0.15, 0.2) is 40.6 Å². The molecule has 1 amide bonds. The number of hydrogen-bond acceptors (Lipinski definition) is 5. The molecule has 29 heavy (non-hydrogen) atoms. The lowest BCUT2D eigenvalue weighted by atomic mass is 10.2. The van der Waals surface area contributed by atoms with Gasteiger partial charge in [-0.2, -0.15) is 4.31 Å². The Bertz CT molecular complexity index is 959. The molecular weight excluding hydrogens is 453 g/mol. The van der Waals surface area contributed by atoms with E-state index in [1.54, 1.807) is 23.3 Å². The summed E-state index contributed by atoms with van der Waals surface area (Å²) in [5.74, 6) is 0.0201. The second kappa shape index (κ2) is 9.32. The van der Waals surface area contributed by atoms with Crippen molar-refractivity contribution >= 4 is 50.5 Å². The van der Waals surface area contributed by atoms with Crippen molar-refractivity contribution in [2.75, 3.05) is 39.8 Å². The number of thiophene rings is 1. The van der Waals surface area contributed by atoms with E-state index >= 15 is 0 Å². The highest BCUT2D eigenvalue weighted by atomic mass is 35.5. The number of halogens is 2. The molecule has 0 bridgehead atoms. The van der Waals surface area contributed by atoms with E-state index in [0.29, 0.717) is 31.2 Å². The number of piperazine rings is 1. The fourth-order valence-electron chi connectivity index (χ4n) is 3.15. The average molecular weight is 476 g/mol. The first kappa shape index (κ1) is 22.5. The molecule has 0 spiro atoms.